The predicted octanol–water partition coefficient (Wildman–Crippen LogP) is 5.71. The van der Waals surface area contributed by atoms with E-state index in [2.05, 4.69) is 25.2 Å². The topological polar surface area (TPSA) is 95.2 Å². The molecule has 0 aromatic rings. The van der Waals surface area contributed by atoms with Crippen LogP contribution in [0.15, 0.2) is 45.5 Å². The zero-order valence-electron chi connectivity index (χ0n) is 25.6. The molecule has 3 heterocycles. The molecule has 4 N–H and O–H groups in total. The molecule has 9 aliphatic rings. The summed E-state index contributed by atoms with van der Waals surface area (Å²) in [4.78, 5) is 28.1. The molecule has 0 aromatic carbocycles. The van der Waals surface area contributed by atoms with E-state index >= 15 is 0 Å². The van der Waals surface area contributed by atoms with Crippen LogP contribution in [0.2, 0.25) is 0 Å². The Balaban J connectivity index is 1.30. The van der Waals surface area contributed by atoms with Gasteiger partial charge in [-0.2, -0.15) is 0 Å². The van der Waals surface area contributed by atoms with Gasteiger partial charge in [0.15, 0.2) is 0 Å². The van der Waals surface area contributed by atoms with Crippen molar-refractivity contribution >= 4 is 11.9 Å². The number of allylic oxidation sites excluding steroid dienone is 5. The lowest BCUT2D eigenvalue weighted by Crippen LogP contribution is -2.94. The fourth-order valence-electron chi connectivity index (χ4n) is 11.6. The molecule has 2 bridgehead atoms. The average Bonchev–Trinajstić information content (AvgIpc) is 3.69. The van der Waals surface area contributed by atoms with E-state index in [1.54, 1.807) is 0 Å². The number of rotatable bonds is 6. The third kappa shape index (κ3) is 3.63. The van der Waals surface area contributed by atoms with Gasteiger partial charge in [-0.1, -0.05) is 38.7 Å². The highest BCUT2D eigenvalue weighted by molar-refractivity contribution is 6.00. The molecule has 3 aliphatic heterocycles. The molecule has 0 aromatic heterocycles. The minimum atomic E-state index is -0.515. The molecule has 2 saturated heterocycles. The highest BCUT2D eigenvalue weighted by Crippen LogP contribution is 2.72. The van der Waals surface area contributed by atoms with Crippen LogP contribution in [0.25, 0.3) is 0 Å². The van der Waals surface area contributed by atoms with E-state index in [-0.39, 0.29) is 29.4 Å². The Morgan fingerprint density at radius 1 is 1.00 bits per heavy atom. The Morgan fingerprint density at radius 3 is 2.60 bits per heavy atom. The van der Waals surface area contributed by atoms with E-state index in [0.717, 1.165) is 99.8 Å². The van der Waals surface area contributed by atoms with Crippen molar-refractivity contribution in [3.63, 3.8) is 0 Å². The molecule has 6 heteroatoms. The Morgan fingerprint density at radius 2 is 1.83 bits per heavy atom. The largest absolute Gasteiger partial charge is 0.427 e. The van der Waals surface area contributed by atoms with Crippen LogP contribution in [0, 0.1) is 40.4 Å². The number of hydrogen-bond acceptors (Lipinski definition) is 5. The lowest BCUT2D eigenvalue weighted by Gasteiger charge is -2.58. The van der Waals surface area contributed by atoms with E-state index in [4.69, 9.17) is 15.2 Å². The zero-order valence-corrected chi connectivity index (χ0v) is 25.6. The molecule has 0 radical (unpaired) electrons. The van der Waals surface area contributed by atoms with Crippen molar-refractivity contribution in [2.24, 2.45) is 46.2 Å². The summed E-state index contributed by atoms with van der Waals surface area (Å²) in [6.45, 7) is 5.56. The van der Waals surface area contributed by atoms with E-state index < -0.39 is 5.41 Å². The molecule has 1 spiro atoms. The Kier molecular flexibility index (Phi) is 6.46. The third-order valence-corrected chi connectivity index (χ3v) is 13.3. The summed E-state index contributed by atoms with van der Waals surface area (Å²) in [6.07, 6.45) is 18.7. The second-order valence-corrected chi connectivity index (χ2v) is 15.0. The number of piperidine rings is 1. The van der Waals surface area contributed by atoms with Crippen molar-refractivity contribution in [3.05, 3.63) is 45.5 Å². The van der Waals surface area contributed by atoms with Gasteiger partial charge in [-0.3, -0.25) is 5.73 Å². The summed E-state index contributed by atoms with van der Waals surface area (Å²) >= 11 is 0. The summed E-state index contributed by atoms with van der Waals surface area (Å²) in [5.41, 5.74) is 12.0. The Bertz CT molecular complexity index is 1350. The van der Waals surface area contributed by atoms with Crippen LogP contribution in [0.5, 0.6) is 0 Å². The minimum absolute atomic E-state index is 0.0109. The standard InChI is InChI=1S/C36H48N2O4/c1-3-5-8-26-36-15-11-22(23(31(36)34(40)41-26)17-20-12-16-38-27(37)18-20)24-19-21-9-10-25(35(4-2)13-6-7-14-35)32-28(21)29(30(24)36)33(39)42-32/h8,20-22,24,27,30,38H,3-7,9-19,37H2,1-2H3/p+1. The number of cyclic esters (lactones) is 1. The molecule has 226 valence electrons. The fourth-order valence-corrected chi connectivity index (χ4v) is 11.6. The average molecular weight is 574 g/mol. The van der Waals surface area contributed by atoms with Crippen LogP contribution in [-0.4, -0.2) is 24.6 Å². The highest BCUT2D eigenvalue weighted by Gasteiger charge is 2.69. The first-order valence-corrected chi connectivity index (χ1v) is 17.4. The summed E-state index contributed by atoms with van der Waals surface area (Å²) < 4.78 is 12.7. The molecule has 4 fully saturated rings. The molecule has 6 aliphatic carbocycles. The van der Waals surface area contributed by atoms with Crippen molar-refractivity contribution in [2.75, 3.05) is 6.54 Å². The van der Waals surface area contributed by atoms with Gasteiger partial charge >= 0.3 is 11.9 Å². The van der Waals surface area contributed by atoms with Gasteiger partial charge in [0.2, 0.25) is 0 Å². The molecule has 7 atom stereocenters. The van der Waals surface area contributed by atoms with Gasteiger partial charge in [0.25, 0.3) is 0 Å². The van der Waals surface area contributed by atoms with E-state index in [1.807, 2.05) is 0 Å². The summed E-state index contributed by atoms with van der Waals surface area (Å²) in [6, 6.07) is 0. The van der Waals surface area contributed by atoms with Gasteiger partial charge in [-0.15, -0.1) is 0 Å². The summed E-state index contributed by atoms with van der Waals surface area (Å²) in [5.74, 6) is 3.16. The number of fused-ring (bicyclic) bond motifs is 1. The molecule has 6 nitrogen and oxygen atoms in total. The first-order chi connectivity index (χ1) is 20.4. The zero-order chi connectivity index (χ0) is 28.8. The van der Waals surface area contributed by atoms with Crippen molar-refractivity contribution in [2.45, 2.75) is 116 Å². The number of unbranched alkanes of at least 4 members (excludes halogenated alkanes) is 1. The van der Waals surface area contributed by atoms with Crippen molar-refractivity contribution in [3.8, 4) is 0 Å². The quantitative estimate of drug-likeness (QED) is 0.397. The molecule has 0 amide bonds. The molecule has 9 rings (SSSR count). The second-order valence-electron chi connectivity index (χ2n) is 15.0. The SMILES string of the molecule is CCCC=C1OC(=O)C2=C(CC3CC[NH2+]C(N)C3)C3CCC12C1C2=C4C(=C(C5(CC)CCCC5)CCC4CC31)OC2=O. The second kappa shape index (κ2) is 9.92. The highest BCUT2D eigenvalue weighted by atomic mass is 16.6. The number of carbonyl (C=O) groups is 2. The maximum atomic E-state index is 14.2. The third-order valence-electron chi connectivity index (χ3n) is 13.3. The number of carbonyl (C=O) groups excluding carboxylic acids is 2. The number of hydrogen-bond donors (Lipinski definition) is 2. The Hall–Kier alpha value is -2.18. The lowest BCUT2D eigenvalue weighted by molar-refractivity contribution is -0.699. The molecule has 42 heavy (non-hydrogen) atoms. The van der Waals surface area contributed by atoms with Crippen LogP contribution in [0.3, 0.4) is 0 Å². The monoisotopic (exact) mass is 573 g/mol. The number of quaternary nitrogens is 1. The first-order valence-electron chi connectivity index (χ1n) is 17.4. The van der Waals surface area contributed by atoms with Gasteiger partial charge in [0.05, 0.1) is 17.5 Å². The van der Waals surface area contributed by atoms with Crippen LogP contribution >= 0.6 is 0 Å². The molecule has 7 unspecified atom stereocenters. The lowest BCUT2D eigenvalue weighted by atomic mass is 9.43. The van der Waals surface area contributed by atoms with Gasteiger partial charge in [-0.05, 0) is 111 Å². The smallest absolute Gasteiger partial charge is 0.340 e. The van der Waals surface area contributed by atoms with Gasteiger partial charge in [0, 0.05) is 23.5 Å². The van der Waals surface area contributed by atoms with Crippen molar-refractivity contribution < 1.29 is 24.4 Å². The van der Waals surface area contributed by atoms with E-state index in [1.165, 1.54) is 42.4 Å². The van der Waals surface area contributed by atoms with E-state index in [0.29, 0.717) is 23.7 Å². The van der Waals surface area contributed by atoms with Gasteiger partial charge in [-0.25, -0.2) is 9.59 Å². The normalized spacial score (nSPS) is 40.9. The van der Waals surface area contributed by atoms with E-state index in [9.17, 15) is 9.59 Å². The first kappa shape index (κ1) is 27.4. The van der Waals surface area contributed by atoms with Crippen molar-refractivity contribution in [1.82, 2.24) is 0 Å². The Labute approximate surface area is 250 Å². The van der Waals surface area contributed by atoms with Crippen LogP contribution in [-0.2, 0) is 19.1 Å². The van der Waals surface area contributed by atoms with Gasteiger partial charge < -0.3 is 14.8 Å². The molecule has 2 saturated carbocycles. The predicted molar refractivity (Wildman–Crippen MR) is 159 cm³/mol. The minimum Gasteiger partial charge on any atom is -0.427 e. The maximum absolute atomic E-state index is 14.2. The molecular weight excluding hydrogens is 524 g/mol. The molecular formula is C36H49N2O4+. The van der Waals surface area contributed by atoms with Crippen LogP contribution in [0.4, 0.5) is 0 Å². The number of nitrogens with two attached hydrogens (primary N) is 2. The van der Waals surface area contributed by atoms with Gasteiger partial charge in [0.1, 0.15) is 17.7 Å². The maximum Gasteiger partial charge on any atom is 0.340 e. The van der Waals surface area contributed by atoms with Crippen molar-refractivity contribution in [1.29, 1.82) is 0 Å². The van der Waals surface area contributed by atoms with Crippen LogP contribution < -0.4 is 11.1 Å². The van der Waals surface area contributed by atoms with Crippen LogP contribution in [0.1, 0.15) is 110 Å². The number of esters is 2. The number of ether oxygens (including phenoxy) is 2. The summed E-state index contributed by atoms with van der Waals surface area (Å²) in [5, 5.41) is 2.26. The fraction of sp³-hybridized carbons (Fsp3) is 0.722. The summed E-state index contributed by atoms with van der Waals surface area (Å²) in [7, 11) is 0.